The van der Waals surface area contributed by atoms with E-state index in [0.29, 0.717) is 12.5 Å². The number of aryl methyl sites for hydroxylation is 1. The Bertz CT molecular complexity index is 456. The molecule has 112 valence electrons. The third-order valence-corrected chi connectivity index (χ3v) is 2.86. The van der Waals surface area contributed by atoms with Crippen LogP contribution in [0.3, 0.4) is 0 Å². The van der Waals surface area contributed by atoms with E-state index in [1.807, 2.05) is 32.9 Å². The highest BCUT2D eigenvalue weighted by Crippen LogP contribution is 2.23. The fourth-order valence-corrected chi connectivity index (χ4v) is 2.03. The second-order valence-corrected chi connectivity index (χ2v) is 6.36. The van der Waals surface area contributed by atoms with E-state index in [4.69, 9.17) is 9.47 Å². The van der Waals surface area contributed by atoms with E-state index in [0.717, 1.165) is 5.75 Å². The summed E-state index contributed by atoms with van der Waals surface area (Å²) in [5.41, 5.74) is 2.10. The minimum Gasteiger partial charge on any atom is -0.493 e. The van der Waals surface area contributed by atoms with Gasteiger partial charge in [-0.3, -0.25) is 4.79 Å². The van der Waals surface area contributed by atoms with Crippen LogP contribution in [0, 0.1) is 6.92 Å². The van der Waals surface area contributed by atoms with Crippen LogP contribution < -0.4 is 4.74 Å². The number of rotatable bonds is 5. The van der Waals surface area contributed by atoms with Crippen LogP contribution in [0.15, 0.2) is 18.2 Å². The Morgan fingerprint density at radius 2 is 1.90 bits per heavy atom. The van der Waals surface area contributed by atoms with Crippen molar-refractivity contribution in [1.82, 2.24) is 0 Å². The maximum absolute atomic E-state index is 11.6. The Labute approximate surface area is 122 Å². The van der Waals surface area contributed by atoms with Gasteiger partial charge in [-0.05, 0) is 56.9 Å². The van der Waals surface area contributed by atoms with Crippen molar-refractivity contribution < 1.29 is 14.3 Å². The number of benzene rings is 1. The van der Waals surface area contributed by atoms with E-state index >= 15 is 0 Å². The summed E-state index contributed by atoms with van der Waals surface area (Å²) in [7, 11) is 0. The predicted molar refractivity (Wildman–Crippen MR) is 81.2 cm³/mol. The van der Waals surface area contributed by atoms with Crippen molar-refractivity contribution in [1.29, 1.82) is 0 Å². The summed E-state index contributed by atoms with van der Waals surface area (Å²) in [6.07, 6.45) is 0.266. The van der Waals surface area contributed by atoms with E-state index in [-0.39, 0.29) is 12.4 Å². The van der Waals surface area contributed by atoms with E-state index in [1.165, 1.54) is 11.1 Å². The molecular formula is C17H26O3. The van der Waals surface area contributed by atoms with Crippen LogP contribution >= 0.6 is 0 Å². The maximum Gasteiger partial charge on any atom is 0.309 e. The summed E-state index contributed by atoms with van der Waals surface area (Å²) in [6, 6.07) is 6.06. The molecule has 1 rings (SSSR count). The van der Waals surface area contributed by atoms with Crippen LogP contribution in [0.1, 0.15) is 58.1 Å². The molecule has 0 bridgehead atoms. The third kappa shape index (κ3) is 5.64. The molecule has 0 saturated carbocycles. The van der Waals surface area contributed by atoms with E-state index < -0.39 is 5.60 Å². The van der Waals surface area contributed by atoms with Gasteiger partial charge in [-0.25, -0.2) is 0 Å². The summed E-state index contributed by atoms with van der Waals surface area (Å²) in [4.78, 5) is 11.6. The lowest BCUT2D eigenvalue weighted by molar-refractivity contribution is -0.155. The van der Waals surface area contributed by atoms with Crippen molar-refractivity contribution in [2.75, 3.05) is 6.61 Å². The van der Waals surface area contributed by atoms with E-state index in [9.17, 15) is 4.79 Å². The molecule has 3 heteroatoms. The molecule has 0 saturated heterocycles. The quantitative estimate of drug-likeness (QED) is 0.756. The fourth-order valence-electron chi connectivity index (χ4n) is 2.03. The predicted octanol–water partition coefficient (Wildman–Crippen LogP) is 4.23. The molecule has 0 fully saturated rings. The van der Waals surface area contributed by atoms with Gasteiger partial charge in [-0.1, -0.05) is 19.9 Å². The van der Waals surface area contributed by atoms with Gasteiger partial charge in [0.25, 0.3) is 0 Å². The molecule has 0 atom stereocenters. The summed E-state index contributed by atoms with van der Waals surface area (Å²) in [5.74, 6) is 1.08. The lowest BCUT2D eigenvalue weighted by atomic mass is 9.98. The first kappa shape index (κ1) is 16.5. The number of ether oxygens (including phenoxy) is 2. The van der Waals surface area contributed by atoms with Crippen LogP contribution in [-0.4, -0.2) is 18.2 Å². The van der Waals surface area contributed by atoms with Crippen LogP contribution in [0.5, 0.6) is 5.75 Å². The van der Waals surface area contributed by atoms with Crippen molar-refractivity contribution in [3.05, 3.63) is 29.3 Å². The second-order valence-electron chi connectivity index (χ2n) is 6.36. The average Bonchev–Trinajstić information content (AvgIpc) is 2.25. The zero-order valence-electron chi connectivity index (χ0n) is 13.4. The summed E-state index contributed by atoms with van der Waals surface area (Å²) < 4.78 is 10.8. The van der Waals surface area contributed by atoms with Gasteiger partial charge in [-0.2, -0.15) is 0 Å². The number of hydrogen-bond acceptors (Lipinski definition) is 3. The first-order valence-corrected chi connectivity index (χ1v) is 7.14. The highest BCUT2D eigenvalue weighted by atomic mass is 16.6. The van der Waals surface area contributed by atoms with Crippen molar-refractivity contribution in [2.45, 2.75) is 59.5 Å². The van der Waals surface area contributed by atoms with Gasteiger partial charge in [0, 0.05) is 0 Å². The second kappa shape index (κ2) is 6.78. The Kier molecular flexibility index (Phi) is 5.61. The molecule has 0 aliphatic rings. The summed E-state index contributed by atoms with van der Waals surface area (Å²) >= 11 is 0. The number of esters is 1. The maximum atomic E-state index is 11.6. The molecule has 0 amide bonds. The first-order valence-electron chi connectivity index (χ1n) is 7.14. The molecule has 20 heavy (non-hydrogen) atoms. The monoisotopic (exact) mass is 278 g/mol. The summed E-state index contributed by atoms with van der Waals surface area (Å²) in [6.45, 7) is 12.3. The Morgan fingerprint density at radius 3 is 2.40 bits per heavy atom. The molecule has 0 N–H and O–H groups in total. The fraction of sp³-hybridized carbons (Fsp3) is 0.588. The van der Waals surface area contributed by atoms with Crippen molar-refractivity contribution in [3.8, 4) is 5.75 Å². The van der Waals surface area contributed by atoms with Gasteiger partial charge in [0.2, 0.25) is 0 Å². The molecule has 1 aromatic rings. The molecular weight excluding hydrogens is 252 g/mol. The molecule has 0 heterocycles. The van der Waals surface area contributed by atoms with Gasteiger partial charge >= 0.3 is 5.97 Å². The van der Waals surface area contributed by atoms with Crippen LogP contribution in [0.2, 0.25) is 0 Å². The van der Waals surface area contributed by atoms with Gasteiger partial charge in [0.15, 0.2) is 0 Å². The summed E-state index contributed by atoms with van der Waals surface area (Å²) in [5, 5.41) is 0. The lowest BCUT2D eigenvalue weighted by Crippen LogP contribution is -2.24. The topological polar surface area (TPSA) is 35.5 Å². The molecule has 0 unspecified atom stereocenters. The molecule has 0 aliphatic heterocycles. The molecule has 0 radical (unpaired) electrons. The SMILES string of the molecule is Cc1cc(OCCC(=O)OC(C)(C)C)ccc1C(C)C. The molecule has 1 aromatic carbocycles. The zero-order chi connectivity index (χ0) is 15.3. The Morgan fingerprint density at radius 1 is 1.25 bits per heavy atom. The van der Waals surface area contributed by atoms with Gasteiger partial charge in [0.1, 0.15) is 11.4 Å². The first-order chi connectivity index (χ1) is 9.19. The van der Waals surface area contributed by atoms with E-state index in [2.05, 4.69) is 26.8 Å². The number of carbonyl (C=O) groups excluding carboxylic acids is 1. The normalized spacial score (nSPS) is 11.6. The van der Waals surface area contributed by atoms with Crippen molar-refractivity contribution >= 4 is 5.97 Å². The Balaban J connectivity index is 2.47. The van der Waals surface area contributed by atoms with Crippen molar-refractivity contribution in [3.63, 3.8) is 0 Å². The van der Waals surface area contributed by atoms with E-state index in [1.54, 1.807) is 0 Å². The van der Waals surface area contributed by atoms with Crippen LogP contribution in [0.25, 0.3) is 0 Å². The molecule has 0 aromatic heterocycles. The number of carbonyl (C=O) groups is 1. The standard InChI is InChI=1S/C17H26O3/c1-12(2)15-8-7-14(11-13(15)3)19-10-9-16(18)20-17(4,5)6/h7-8,11-12H,9-10H2,1-6H3. The van der Waals surface area contributed by atoms with Gasteiger partial charge in [-0.15, -0.1) is 0 Å². The molecule has 0 aliphatic carbocycles. The minimum atomic E-state index is -0.438. The highest BCUT2D eigenvalue weighted by molar-refractivity contribution is 5.69. The largest absolute Gasteiger partial charge is 0.493 e. The average molecular weight is 278 g/mol. The number of hydrogen-bond donors (Lipinski definition) is 0. The van der Waals surface area contributed by atoms with Crippen molar-refractivity contribution in [2.24, 2.45) is 0 Å². The van der Waals surface area contributed by atoms with Crippen LogP contribution in [0.4, 0.5) is 0 Å². The molecule has 0 spiro atoms. The Hall–Kier alpha value is -1.51. The lowest BCUT2D eigenvalue weighted by Gasteiger charge is -2.19. The minimum absolute atomic E-state index is 0.229. The van der Waals surface area contributed by atoms with Gasteiger partial charge < -0.3 is 9.47 Å². The zero-order valence-corrected chi connectivity index (χ0v) is 13.4. The highest BCUT2D eigenvalue weighted by Gasteiger charge is 2.16. The molecule has 3 nitrogen and oxygen atoms in total. The third-order valence-electron chi connectivity index (χ3n) is 2.86. The van der Waals surface area contributed by atoms with Gasteiger partial charge in [0.05, 0.1) is 13.0 Å². The van der Waals surface area contributed by atoms with Crippen LogP contribution in [-0.2, 0) is 9.53 Å². The smallest absolute Gasteiger partial charge is 0.309 e.